The van der Waals surface area contributed by atoms with Crippen LogP contribution in [0.15, 0.2) is 53.0 Å². The smallest absolute Gasteiger partial charge is 0.238 e. The van der Waals surface area contributed by atoms with E-state index < -0.39 is 0 Å². The molecule has 2 aromatic carbocycles. The van der Waals surface area contributed by atoms with Crippen molar-refractivity contribution >= 4 is 33.4 Å². The summed E-state index contributed by atoms with van der Waals surface area (Å²) in [5.74, 6) is 0.0241. The van der Waals surface area contributed by atoms with Gasteiger partial charge in [0.15, 0.2) is 0 Å². The normalized spacial score (nSPS) is 20.1. The summed E-state index contributed by atoms with van der Waals surface area (Å²) < 4.78 is 1.05. The number of hydrogen-bond donors (Lipinski definition) is 3. The van der Waals surface area contributed by atoms with Crippen LogP contribution in [0.2, 0.25) is 5.02 Å². The molecule has 1 aliphatic heterocycles. The van der Waals surface area contributed by atoms with Gasteiger partial charge in [-0.15, -0.1) is 0 Å². The zero-order valence-corrected chi connectivity index (χ0v) is 15.4. The van der Waals surface area contributed by atoms with E-state index in [4.69, 9.17) is 11.6 Å². The van der Waals surface area contributed by atoms with Gasteiger partial charge in [0.2, 0.25) is 5.91 Å². The fourth-order valence-electron chi connectivity index (χ4n) is 2.75. The molecule has 2 atom stereocenters. The van der Waals surface area contributed by atoms with Crippen LogP contribution in [0.5, 0.6) is 0 Å². The third kappa shape index (κ3) is 4.57. The van der Waals surface area contributed by atoms with Crippen molar-refractivity contribution in [1.82, 2.24) is 16.2 Å². The average molecular weight is 409 g/mol. The van der Waals surface area contributed by atoms with Crippen molar-refractivity contribution in [2.75, 3.05) is 6.54 Å². The number of carbonyl (C=O) groups is 1. The summed E-state index contributed by atoms with van der Waals surface area (Å²) >= 11 is 9.30. The Balaban J connectivity index is 1.46. The van der Waals surface area contributed by atoms with Crippen LogP contribution in [0, 0.1) is 0 Å². The second kappa shape index (κ2) is 8.12. The van der Waals surface area contributed by atoms with Gasteiger partial charge in [-0.05, 0) is 48.2 Å². The maximum Gasteiger partial charge on any atom is 0.238 e. The molecule has 2 aromatic rings. The Morgan fingerprint density at radius 3 is 2.54 bits per heavy atom. The Labute approximate surface area is 155 Å². The van der Waals surface area contributed by atoms with Gasteiger partial charge in [-0.3, -0.25) is 4.79 Å². The van der Waals surface area contributed by atoms with E-state index in [1.807, 2.05) is 36.4 Å². The fraction of sp³-hybridized carbons (Fsp3) is 0.278. The highest BCUT2D eigenvalue weighted by Gasteiger charge is 2.29. The van der Waals surface area contributed by atoms with E-state index in [0.717, 1.165) is 27.9 Å². The molecule has 3 rings (SSSR count). The molecular weight excluding hydrogens is 390 g/mol. The first-order valence-electron chi connectivity index (χ1n) is 7.90. The first-order valence-corrected chi connectivity index (χ1v) is 9.07. The summed E-state index contributed by atoms with van der Waals surface area (Å²) in [6, 6.07) is 15.8. The quantitative estimate of drug-likeness (QED) is 0.711. The van der Waals surface area contributed by atoms with Crippen molar-refractivity contribution in [2.45, 2.75) is 24.9 Å². The molecule has 0 spiro atoms. The highest BCUT2D eigenvalue weighted by Crippen LogP contribution is 2.23. The highest BCUT2D eigenvalue weighted by atomic mass is 79.9. The molecule has 24 heavy (non-hydrogen) atoms. The summed E-state index contributed by atoms with van der Waals surface area (Å²) in [6.45, 7) is 0.613. The maximum absolute atomic E-state index is 12.3. The number of hydrazine groups is 1. The number of carbonyl (C=O) groups excluding carboxylic acids is 1. The van der Waals surface area contributed by atoms with Crippen molar-refractivity contribution < 1.29 is 4.79 Å². The lowest BCUT2D eigenvalue weighted by atomic mass is 10.0. The first-order chi connectivity index (χ1) is 11.6. The third-order valence-corrected chi connectivity index (χ3v) is 4.90. The van der Waals surface area contributed by atoms with E-state index in [1.54, 1.807) is 0 Å². The number of hydrogen-bond acceptors (Lipinski definition) is 3. The van der Waals surface area contributed by atoms with Crippen molar-refractivity contribution in [3.8, 4) is 0 Å². The average Bonchev–Trinajstić information content (AvgIpc) is 3.07. The molecule has 1 amide bonds. The van der Waals surface area contributed by atoms with Crippen molar-refractivity contribution in [3.05, 3.63) is 69.2 Å². The zero-order valence-electron chi connectivity index (χ0n) is 13.1. The van der Waals surface area contributed by atoms with Crippen molar-refractivity contribution in [2.24, 2.45) is 0 Å². The second-order valence-corrected chi connectivity index (χ2v) is 7.20. The summed E-state index contributed by atoms with van der Waals surface area (Å²) in [5, 5.41) is 3.71. The lowest BCUT2D eigenvalue weighted by Gasteiger charge is -2.11. The van der Waals surface area contributed by atoms with Crippen molar-refractivity contribution in [1.29, 1.82) is 0 Å². The minimum absolute atomic E-state index is 0.0241. The maximum atomic E-state index is 12.3. The molecule has 0 aromatic heterocycles. The van der Waals surface area contributed by atoms with Gasteiger partial charge in [0.1, 0.15) is 6.04 Å². The molecule has 3 N–H and O–H groups in total. The Hall–Kier alpha value is -1.40. The monoisotopic (exact) mass is 407 g/mol. The Morgan fingerprint density at radius 1 is 1.12 bits per heavy atom. The SMILES string of the molecule is O=C(NCCc1ccc(Cl)cc1)C1CC(c2ccc(Br)cc2)NN1. The van der Waals surface area contributed by atoms with Crippen molar-refractivity contribution in [3.63, 3.8) is 0 Å². The summed E-state index contributed by atoms with van der Waals surface area (Å²) in [5.41, 5.74) is 8.61. The summed E-state index contributed by atoms with van der Waals surface area (Å²) in [4.78, 5) is 12.3. The fourth-order valence-corrected chi connectivity index (χ4v) is 3.14. The van der Waals surface area contributed by atoms with Crippen LogP contribution < -0.4 is 16.2 Å². The highest BCUT2D eigenvalue weighted by molar-refractivity contribution is 9.10. The second-order valence-electron chi connectivity index (χ2n) is 5.85. The molecule has 126 valence electrons. The molecule has 6 heteroatoms. The largest absolute Gasteiger partial charge is 0.354 e. The predicted octanol–water partition coefficient (Wildman–Crippen LogP) is 3.37. The Kier molecular flexibility index (Phi) is 5.89. The molecule has 1 aliphatic rings. The molecule has 0 radical (unpaired) electrons. The molecule has 2 unspecified atom stereocenters. The van der Waals surface area contributed by atoms with E-state index in [0.29, 0.717) is 6.54 Å². The van der Waals surface area contributed by atoms with Gasteiger partial charge < -0.3 is 5.32 Å². The molecule has 0 bridgehead atoms. The van der Waals surface area contributed by atoms with Gasteiger partial charge in [-0.1, -0.05) is 51.8 Å². The van der Waals surface area contributed by atoms with Gasteiger partial charge in [-0.25, -0.2) is 10.9 Å². The molecule has 0 saturated carbocycles. The van der Waals surface area contributed by atoms with Gasteiger partial charge in [0.25, 0.3) is 0 Å². The molecule has 1 heterocycles. The van der Waals surface area contributed by atoms with E-state index in [-0.39, 0.29) is 18.0 Å². The van der Waals surface area contributed by atoms with Gasteiger partial charge in [0, 0.05) is 22.1 Å². The van der Waals surface area contributed by atoms with E-state index in [1.165, 1.54) is 5.56 Å². The Bertz CT molecular complexity index is 690. The number of benzene rings is 2. The molecular formula is C18H19BrClN3O. The van der Waals surface area contributed by atoms with Gasteiger partial charge >= 0.3 is 0 Å². The first kappa shape index (κ1) is 17.4. The number of nitrogens with one attached hydrogen (secondary N) is 3. The lowest BCUT2D eigenvalue weighted by Crippen LogP contribution is -2.43. The Morgan fingerprint density at radius 2 is 1.83 bits per heavy atom. The number of amides is 1. The minimum Gasteiger partial charge on any atom is -0.354 e. The van der Waals surface area contributed by atoms with Gasteiger partial charge in [0.05, 0.1) is 0 Å². The predicted molar refractivity (Wildman–Crippen MR) is 99.7 cm³/mol. The van der Waals surface area contributed by atoms with Gasteiger partial charge in [-0.2, -0.15) is 0 Å². The van der Waals surface area contributed by atoms with Crippen LogP contribution in [-0.4, -0.2) is 18.5 Å². The molecule has 1 saturated heterocycles. The van der Waals surface area contributed by atoms with Crippen LogP contribution in [-0.2, 0) is 11.2 Å². The number of halogens is 2. The van der Waals surface area contributed by atoms with E-state index in [9.17, 15) is 4.79 Å². The standard InChI is InChI=1S/C18H19BrClN3O/c19-14-5-3-13(4-6-14)16-11-17(23-22-16)18(24)21-10-9-12-1-7-15(20)8-2-12/h1-8,16-17,22-23H,9-11H2,(H,21,24). The molecule has 1 fully saturated rings. The minimum atomic E-state index is -0.219. The lowest BCUT2D eigenvalue weighted by molar-refractivity contribution is -0.122. The van der Waals surface area contributed by atoms with E-state index >= 15 is 0 Å². The van der Waals surface area contributed by atoms with Crippen LogP contribution in [0.1, 0.15) is 23.6 Å². The topological polar surface area (TPSA) is 53.2 Å². The van der Waals surface area contributed by atoms with Crippen LogP contribution >= 0.6 is 27.5 Å². The third-order valence-electron chi connectivity index (χ3n) is 4.12. The zero-order chi connectivity index (χ0) is 16.9. The summed E-state index contributed by atoms with van der Waals surface area (Å²) in [6.07, 6.45) is 1.52. The molecule has 0 aliphatic carbocycles. The summed E-state index contributed by atoms with van der Waals surface area (Å²) in [7, 11) is 0. The van der Waals surface area contributed by atoms with Crippen LogP contribution in [0.3, 0.4) is 0 Å². The number of rotatable bonds is 5. The van der Waals surface area contributed by atoms with Crippen LogP contribution in [0.4, 0.5) is 0 Å². The van der Waals surface area contributed by atoms with Crippen LogP contribution in [0.25, 0.3) is 0 Å². The van der Waals surface area contributed by atoms with E-state index in [2.05, 4.69) is 44.2 Å². The molecule has 4 nitrogen and oxygen atoms in total.